The van der Waals surface area contributed by atoms with Crippen LogP contribution in [0.25, 0.3) is 0 Å². The summed E-state index contributed by atoms with van der Waals surface area (Å²) in [6.45, 7) is 5.53. The summed E-state index contributed by atoms with van der Waals surface area (Å²) < 4.78 is 28.4. The van der Waals surface area contributed by atoms with Crippen LogP contribution in [0, 0.1) is 11.6 Å². The van der Waals surface area contributed by atoms with Crippen molar-refractivity contribution in [2.45, 2.75) is 37.0 Å². The van der Waals surface area contributed by atoms with Crippen LogP contribution in [-0.4, -0.2) is 20.9 Å². The van der Waals surface area contributed by atoms with E-state index < -0.39 is 16.9 Å². The van der Waals surface area contributed by atoms with Gasteiger partial charge < -0.3 is 5.32 Å². The first-order valence-corrected chi connectivity index (χ1v) is 7.72. The Balaban J connectivity index is 2.06. The van der Waals surface area contributed by atoms with Crippen molar-refractivity contribution >= 4 is 23.5 Å². The number of thioether (sulfide) groups is 1. The number of aromatic nitrogens is 2. The van der Waals surface area contributed by atoms with Gasteiger partial charge in [0.25, 0.3) is 0 Å². The number of hydrogen-bond donors (Lipinski definition) is 1. The number of anilines is 1. The summed E-state index contributed by atoms with van der Waals surface area (Å²) in [7, 11) is 0. The Kier molecular flexibility index (Phi) is 5.18. The van der Waals surface area contributed by atoms with Crippen LogP contribution in [0.1, 0.15) is 26.8 Å². The third-order valence-electron chi connectivity index (χ3n) is 2.98. The number of benzene rings is 1. The fourth-order valence-electron chi connectivity index (χ4n) is 1.86. The van der Waals surface area contributed by atoms with Gasteiger partial charge in [0.1, 0.15) is 17.5 Å². The Morgan fingerprint density at radius 3 is 2.68 bits per heavy atom. The predicted molar refractivity (Wildman–Crippen MR) is 82.9 cm³/mol. The van der Waals surface area contributed by atoms with Crippen molar-refractivity contribution in [3.05, 3.63) is 42.1 Å². The van der Waals surface area contributed by atoms with Crippen molar-refractivity contribution in [3.8, 4) is 0 Å². The molecule has 0 fully saturated rings. The van der Waals surface area contributed by atoms with Gasteiger partial charge >= 0.3 is 0 Å². The summed E-state index contributed by atoms with van der Waals surface area (Å²) >= 11 is 0.972. The number of carbonyl (C=O) groups is 1. The summed E-state index contributed by atoms with van der Waals surface area (Å²) in [5.41, 5.74) is 0. The minimum atomic E-state index is -0.577. The Morgan fingerprint density at radius 1 is 1.27 bits per heavy atom. The van der Waals surface area contributed by atoms with Gasteiger partial charge in [-0.1, -0.05) is 0 Å². The molecule has 2 rings (SSSR count). The lowest BCUT2D eigenvalue weighted by Crippen LogP contribution is -2.24. The van der Waals surface area contributed by atoms with Crippen LogP contribution in [-0.2, 0) is 4.79 Å². The number of rotatable bonds is 5. The summed E-state index contributed by atoms with van der Waals surface area (Å²) in [5, 5.41) is 6.30. The van der Waals surface area contributed by atoms with E-state index in [9.17, 15) is 13.6 Å². The molecule has 2 aromatic rings. The molecule has 1 atom stereocenters. The maximum absolute atomic E-state index is 13.6. The highest BCUT2D eigenvalue weighted by atomic mass is 32.2. The lowest BCUT2D eigenvalue weighted by atomic mass is 10.3. The van der Waals surface area contributed by atoms with Gasteiger partial charge in [-0.3, -0.25) is 4.79 Å². The monoisotopic (exact) mass is 325 g/mol. The molecule has 0 aliphatic heterocycles. The van der Waals surface area contributed by atoms with E-state index in [1.807, 2.05) is 13.8 Å². The largest absolute Gasteiger partial charge is 0.310 e. The molecule has 1 heterocycles. The molecule has 118 valence electrons. The lowest BCUT2D eigenvalue weighted by Gasteiger charge is -2.15. The lowest BCUT2D eigenvalue weighted by molar-refractivity contribution is -0.115. The highest BCUT2D eigenvalue weighted by molar-refractivity contribution is 8.00. The van der Waals surface area contributed by atoms with Crippen LogP contribution in [0.15, 0.2) is 35.4 Å². The molecule has 0 radical (unpaired) electrons. The average molecular weight is 325 g/mol. The maximum atomic E-state index is 13.6. The van der Waals surface area contributed by atoms with E-state index in [1.54, 1.807) is 23.9 Å². The molecule has 0 saturated carbocycles. The van der Waals surface area contributed by atoms with Crippen LogP contribution < -0.4 is 5.32 Å². The Bertz CT molecular complexity index is 673. The van der Waals surface area contributed by atoms with E-state index in [4.69, 9.17) is 0 Å². The molecular weight excluding hydrogens is 308 g/mol. The van der Waals surface area contributed by atoms with Crippen LogP contribution in [0.5, 0.6) is 0 Å². The zero-order valence-corrected chi connectivity index (χ0v) is 13.3. The second-order valence-corrected chi connectivity index (χ2v) is 6.46. The molecule has 4 nitrogen and oxygen atoms in total. The summed E-state index contributed by atoms with van der Waals surface area (Å²) in [5.74, 6) is -0.795. The molecule has 7 heteroatoms. The van der Waals surface area contributed by atoms with E-state index in [2.05, 4.69) is 10.4 Å². The van der Waals surface area contributed by atoms with E-state index in [0.29, 0.717) is 5.82 Å². The van der Waals surface area contributed by atoms with Crippen LogP contribution >= 0.6 is 11.8 Å². The molecule has 1 aromatic heterocycles. The van der Waals surface area contributed by atoms with Crippen molar-refractivity contribution in [3.63, 3.8) is 0 Å². The summed E-state index contributed by atoms with van der Waals surface area (Å²) in [6.07, 6.45) is 1.60. The van der Waals surface area contributed by atoms with E-state index >= 15 is 0 Å². The van der Waals surface area contributed by atoms with Crippen molar-refractivity contribution in [2.75, 3.05) is 5.32 Å². The average Bonchev–Trinajstić information content (AvgIpc) is 2.91. The van der Waals surface area contributed by atoms with Gasteiger partial charge in [0.05, 0.1) is 11.4 Å². The van der Waals surface area contributed by atoms with Crippen molar-refractivity contribution < 1.29 is 13.6 Å². The topological polar surface area (TPSA) is 46.9 Å². The molecule has 22 heavy (non-hydrogen) atoms. The molecule has 1 amide bonds. The van der Waals surface area contributed by atoms with E-state index in [-0.39, 0.29) is 16.8 Å². The van der Waals surface area contributed by atoms with Crippen molar-refractivity contribution in [1.82, 2.24) is 9.78 Å². The van der Waals surface area contributed by atoms with Crippen LogP contribution in [0.4, 0.5) is 14.6 Å². The smallest absolute Gasteiger partial charge is 0.238 e. The fraction of sp³-hybridized carbons (Fsp3) is 0.333. The van der Waals surface area contributed by atoms with Crippen LogP contribution in [0.3, 0.4) is 0 Å². The Hall–Kier alpha value is -1.89. The highest BCUT2D eigenvalue weighted by Crippen LogP contribution is 2.27. The number of amides is 1. The zero-order valence-electron chi connectivity index (χ0n) is 12.5. The van der Waals surface area contributed by atoms with E-state index in [0.717, 1.165) is 30.0 Å². The predicted octanol–water partition coefficient (Wildman–Crippen LogP) is 3.86. The number of carbonyl (C=O) groups excluding carboxylic acids is 1. The Labute approximate surface area is 131 Å². The summed E-state index contributed by atoms with van der Waals surface area (Å²) in [6, 6.07) is 4.98. The minimum Gasteiger partial charge on any atom is -0.310 e. The molecule has 0 saturated heterocycles. The van der Waals surface area contributed by atoms with Gasteiger partial charge in [0.2, 0.25) is 5.91 Å². The maximum Gasteiger partial charge on any atom is 0.238 e. The zero-order chi connectivity index (χ0) is 16.3. The molecule has 1 aromatic carbocycles. The van der Waals surface area contributed by atoms with Crippen molar-refractivity contribution in [1.29, 1.82) is 0 Å². The van der Waals surface area contributed by atoms with Crippen LogP contribution in [0.2, 0.25) is 0 Å². The summed E-state index contributed by atoms with van der Waals surface area (Å²) in [4.78, 5) is 12.3. The standard InChI is InChI=1S/C15H17F2N3OS/c1-9(2)20-14(6-7-18-20)19-15(21)10(3)22-13-8-11(16)4-5-12(13)17/h4-10H,1-3H3,(H,19,21)/t10-/m0/s1. The third kappa shape index (κ3) is 3.85. The second-order valence-electron chi connectivity index (χ2n) is 5.08. The van der Waals surface area contributed by atoms with Gasteiger partial charge in [-0.15, -0.1) is 11.8 Å². The van der Waals surface area contributed by atoms with Gasteiger partial charge in [-0.25, -0.2) is 13.5 Å². The van der Waals surface area contributed by atoms with Gasteiger partial charge in [-0.05, 0) is 39.0 Å². The minimum absolute atomic E-state index is 0.105. The first kappa shape index (κ1) is 16.5. The molecule has 0 spiro atoms. The first-order chi connectivity index (χ1) is 10.4. The molecular formula is C15H17F2N3OS. The first-order valence-electron chi connectivity index (χ1n) is 6.84. The normalized spacial score (nSPS) is 12.5. The Morgan fingerprint density at radius 2 is 2.00 bits per heavy atom. The third-order valence-corrected chi connectivity index (χ3v) is 4.11. The van der Waals surface area contributed by atoms with E-state index in [1.165, 1.54) is 0 Å². The van der Waals surface area contributed by atoms with Gasteiger partial charge in [0, 0.05) is 17.0 Å². The number of nitrogens with one attached hydrogen (secondary N) is 1. The highest BCUT2D eigenvalue weighted by Gasteiger charge is 2.19. The molecule has 0 unspecified atom stereocenters. The molecule has 0 aliphatic carbocycles. The van der Waals surface area contributed by atoms with Gasteiger partial charge in [-0.2, -0.15) is 5.10 Å². The molecule has 1 N–H and O–H groups in total. The van der Waals surface area contributed by atoms with Gasteiger partial charge in [0.15, 0.2) is 0 Å². The van der Waals surface area contributed by atoms with Crippen molar-refractivity contribution in [2.24, 2.45) is 0 Å². The fourth-order valence-corrected chi connectivity index (χ4v) is 2.77. The number of nitrogens with zero attached hydrogens (tertiary/aromatic N) is 2. The quantitative estimate of drug-likeness (QED) is 0.849. The molecule has 0 bridgehead atoms. The second kappa shape index (κ2) is 6.91. The number of hydrogen-bond acceptors (Lipinski definition) is 3. The SMILES string of the molecule is CC(C)n1nccc1NC(=O)[C@H](C)Sc1cc(F)ccc1F. The molecule has 0 aliphatic rings. The number of halogens is 2.